The van der Waals surface area contributed by atoms with Gasteiger partial charge in [0.2, 0.25) is 5.91 Å². The van der Waals surface area contributed by atoms with E-state index in [-0.39, 0.29) is 32.1 Å². The van der Waals surface area contributed by atoms with Crippen LogP contribution in [0.4, 0.5) is 4.79 Å². The largest absolute Gasteiger partial charge is 0.479 e. The van der Waals surface area contributed by atoms with E-state index in [0.29, 0.717) is 0 Å². The summed E-state index contributed by atoms with van der Waals surface area (Å²) in [7, 11) is 2.70. The second-order valence-corrected chi connectivity index (χ2v) is 8.32. The number of nitrogens with one attached hydrogen (secondary N) is 2. The molecule has 0 aliphatic heterocycles. The summed E-state index contributed by atoms with van der Waals surface area (Å²) in [5.74, 6) is -1.75. The van der Waals surface area contributed by atoms with Crippen LogP contribution in [0.15, 0.2) is 48.5 Å². The summed E-state index contributed by atoms with van der Waals surface area (Å²) >= 11 is 0. The number of fused-ring (bicyclic) bond motifs is 3. The van der Waals surface area contributed by atoms with Crippen molar-refractivity contribution in [2.24, 2.45) is 0 Å². The summed E-state index contributed by atoms with van der Waals surface area (Å²) in [6.45, 7) is 1.57. The van der Waals surface area contributed by atoms with Crippen molar-refractivity contribution in [1.29, 1.82) is 0 Å². The first kappa shape index (κ1) is 25.2. The molecule has 0 saturated heterocycles. The molecule has 34 heavy (non-hydrogen) atoms. The highest BCUT2D eigenvalue weighted by molar-refractivity contribution is 5.90. The Labute approximate surface area is 198 Å². The quantitative estimate of drug-likeness (QED) is 0.461. The third-order valence-corrected chi connectivity index (χ3v) is 5.91. The Morgan fingerprint density at radius 1 is 1.03 bits per heavy atom. The fraction of sp³-hybridized carbons (Fsp3) is 0.400. The summed E-state index contributed by atoms with van der Waals surface area (Å²) in [5.41, 5.74) is 2.99. The van der Waals surface area contributed by atoms with Gasteiger partial charge < -0.3 is 30.0 Å². The number of ether oxygens (including phenoxy) is 3. The molecule has 0 saturated carbocycles. The number of hydrogen-bond donors (Lipinski definition) is 3. The standard InChI is InChI=1S/C25H30N2O7/c1-25(15-32-2,23(30)26-13-12-21(33-3)22(28)29)27-24(31)34-14-20-18-10-6-4-8-16(18)17-9-5-7-11-19(17)20/h4-11,20-21H,12-15H2,1-3H3,(H,26,30)(H,27,31)(H,28,29). The van der Waals surface area contributed by atoms with Gasteiger partial charge in [0.1, 0.15) is 12.1 Å². The van der Waals surface area contributed by atoms with Crippen LogP contribution < -0.4 is 10.6 Å². The van der Waals surface area contributed by atoms with Crippen LogP contribution in [0.25, 0.3) is 11.1 Å². The first-order valence-electron chi connectivity index (χ1n) is 11.0. The van der Waals surface area contributed by atoms with E-state index in [9.17, 15) is 14.4 Å². The maximum Gasteiger partial charge on any atom is 0.408 e. The molecule has 0 radical (unpaired) electrons. The van der Waals surface area contributed by atoms with Crippen LogP contribution in [0.5, 0.6) is 0 Å². The average Bonchev–Trinajstić information content (AvgIpc) is 3.14. The van der Waals surface area contributed by atoms with Crippen LogP contribution in [0.3, 0.4) is 0 Å². The van der Waals surface area contributed by atoms with E-state index in [4.69, 9.17) is 19.3 Å². The zero-order valence-electron chi connectivity index (χ0n) is 19.5. The van der Waals surface area contributed by atoms with Crippen molar-refractivity contribution >= 4 is 18.0 Å². The van der Waals surface area contributed by atoms with Gasteiger partial charge in [0.15, 0.2) is 6.10 Å². The third kappa shape index (κ3) is 5.55. The van der Waals surface area contributed by atoms with Crippen LogP contribution in [0.2, 0.25) is 0 Å². The number of benzene rings is 2. The van der Waals surface area contributed by atoms with E-state index in [1.54, 1.807) is 0 Å². The van der Waals surface area contributed by atoms with Gasteiger partial charge in [-0.05, 0) is 29.2 Å². The maximum absolute atomic E-state index is 12.8. The first-order chi connectivity index (χ1) is 16.3. The van der Waals surface area contributed by atoms with Crippen molar-refractivity contribution in [3.8, 4) is 11.1 Å². The van der Waals surface area contributed by atoms with E-state index < -0.39 is 29.6 Å². The lowest BCUT2D eigenvalue weighted by Crippen LogP contribution is -2.60. The van der Waals surface area contributed by atoms with E-state index in [0.717, 1.165) is 22.3 Å². The Balaban J connectivity index is 1.61. The topological polar surface area (TPSA) is 123 Å². The summed E-state index contributed by atoms with van der Waals surface area (Å²) in [4.78, 5) is 36.5. The molecule has 0 bridgehead atoms. The smallest absolute Gasteiger partial charge is 0.408 e. The zero-order chi connectivity index (χ0) is 24.7. The van der Waals surface area contributed by atoms with Gasteiger partial charge in [-0.2, -0.15) is 0 Å². The molecule has 1 aliphatic carbocycles. The molecule has 9 heteroatoms. The van der Waals surface area contributed by atoms with Gasteiger partial charge in [0, 0.05) is 33.1 Å². The van der Waals surface area contributed by atoms with Gasteiger partial charge in [-0.1, -0.05) is 48.5 Å². The number of methoxy groups -OCH3 is 2. The number of alkyl carbamates (subject to hydrolysis) is 1. The summed E-state index contributed by atoms with van der Waals surface area (Å²) in [6.07, 6.45) is -1.72. The molecule has 0 spiro atoms. The number of hydrogen-bond acceptors (Lipinski definition) is 6. The highest BCUT2D eigenvalue weighted by atomic mass is 16.5. The molecule has 182 valence electrons. The van der Waals surface area contributed by atoms with Gasteiger partial charge in [-0.3, -0.25) is 4.79 Å². The van der Waals surface area contributed by atoms with E-state index in [1.165, 1.54) is 21.1 Å². The van der Waals surface area contributed by atoms with Crippen molar-refractivity contribution in [3.05, 3.63) is 59.7 Å². The zero-order valence-corrected chi connectivity index (χ0v) is 19.5. The normalized spacial score (nSPS) is 14.9. The number of aliphatic carboxylic acids is 1. The predicted octanol–water partition coefficient (Wildman–Crippen LogP) is 2.54. The van der Waals surface area contributed by atoms with Crippen LogP contribution in [-0.4, -0.2) is 68.7 Å². The minimum Gasteiger partial charge on any atom is -0.479 e. The fourth-order valence-electron chi connectivity index (χ4n) is 4.16. The van der Waals surface area contributed by atoms with Crippen molar-refractivity contribution in [1.82, 2.24) is 10.6 Å². The first-order valence-corrected chi connectivity index (χ1v) is 11.0. The molecule has 0 heterocycles. The lowest BCUT2D eigenvalue weighted by molar-refractivity contribution is -0.149. The second kappa shape index (κ2) is 11.1. The minimum atomic E-state index is -1.41. The van der Waals surface area contributed by atoms with Crippen LogP contribution in [0.1, 0.15) is 30.4 Å². The van der Waals surface area contributed by atoms with Gasteiger partial charge in [-0.15, -0.1) is 0 Å². The third-order valence-electron chi connectivity index (χ3n) is 5.91. The molecule has 2 unspecified atom stereocenters. The molecule has 0 aromatic heterocycles. The molecule has 2 aromatic carbocycles. The van der Waals surface area contributed by atoms with Crippen molar-refractivity contribution in [3.63, 3.8) is 0 Å². The van der Waals surface area contributed by atoms with Crippen molar-refractivity contribution < 1.29 is 33.7 Å². The number of carboxylic acid groups (broad SMARTS) is 1. The molecular formula is C25H30N2O7. The minimum absolute atomic E-state index is 0.0509. The monoisotopic (exact) mass is 470 g/mol. The molecule has 1 aliphatic rings. The fourth-order valence-corrected chi connectivity index (χ4v) is 4.16. The molecule has 2 aromatic rings. The highest BCUT2D eigenvalue weighted by Crippen LogP contribution is 2.44. The Kier molecular flexibility index (Phi) is 8.25. The molecule has 9 nitrogen and oxygen atoms in total. The van der Waals surface area contributed by atoms with Gasteiger partial charge in [0.05, 0.1) is 6.61 Å². The second-order valence-electron chi connectivity index (χ2n) is 8.32. The van der Waals surface area contributed by atoms with E-state index in [2.05, 4.69) is 10.6 Å². The Morgan fingerprint density at radius 3 is 2.15 bits per heavy atom. The van der Waals surface area contributed by atoms with Crippen molar-refractivity contribution in [2.45, 2.75) is 30.9 Å². The van der Waals surface area contributed by atoms with Crippen LogP contribution in [-0.2, 0) is 23.8 Å². The lowest BCUT2D eigenvalue weighted by Gasteiger charge is -2.29. The Bertz CT molecular complexity index is 996. The van der Waals surface area contributed by atoms with Gasteiger partial charge >= 0.3 is 12.1 Å². The average molecular weight is 471 g/mol. The van der Waals surface area contributed by atoms with Crippen LogP contribution in [0, 0.1) is 0 Å². The number of rotatable bonds is 11. The lowest BCUT2D eigenvalue weighted by atomic mass is 9.98. The van der Waals surface area contributed by atoms with Gasteiger partial charge in [-0.25, -0.2) is 9.59 Å². The SMILES string of the molecule is COCC(C)(NC(=O)OCC1c2ccccc2-c2ccccc21)C(=O)NCCC(OC)C(=O)O. The maximum atomic E-state index is 12.8. The number of carbonyl (C=O) groups is 3. The predicted molar refractivity (Wildman–Crippen MR) is 125 cm³/mol. The molecule has 2 amide bonds. The molecular weight excluding hydrogens is 440 g/mol. The number of carbonyl (C=O) groups excluding carboxylic acids is 2. The summed E-state index contributed by atoms with van der Waals surface area (Å²) in [6, 6.07) is 16.0. The number of amides is 2. The highest BCUT2D eigenvalue weighted by Gasteiger charge is 2.36. The summed E-state index contributed by atoms with van der Waals surface area (Å²) < 4.78 is 15.5. The number of carboxylic acids is 1. The molecule has 2 atom stereocenters. The van der Waals surface area contributed by atoms with Crippen LogP contribution >= 0.6 is 0 Å². The van der Waals surface area contributed by atoms with E-state index in [1.807, 2.05) is 48.5 Å². The Hall–Kier alpha value is -3.43. The molecule has 3 N–H and O–H groups in total. The molecule has 3 rings (SSSR count). The van der Waals surface area contributed by atoms with E-state index >= 15 is 0 Å². The summed E-state index contributed by atoms with van der Waals surface area (Å²) in [5, 5.41) is 14.3. The van der Waals surface area contributed by atoms with Gasteiger partial charge in [0.25, 0.3) is 0 Å². The van der Waals surface area contributed by atoms with Crippen molar-refractivity contribution in [2.75, 3.05) is 34.0 Å². The molecule has 0 fully saturated rings. The Morgan fingerprint density at radius 2 is 1.62 bits per heavy atom.